The fourth-order valence-corrected chi connectivity index (χ4v) is 7.84. The fraction of sp³-hybridized carbons (Fsp3) is 1.00. The van der Waals surface area contributed by atoms with Crippen molar-refractivity contribution in [2.45, 2.75) is 80.1 Å². The van der Waals surface area contributed by atoms with Crippen LogP contribution in [0.5, 0.6) is 0 Å². The van der Waals surface area contributed by atoms with Crippen molar-refractivity contribution in [1.82, 2.24) is 14.7 Å². The van der Waals surface area contributed by atoms with Gasteiger partial charge in [-0.15, -0.1) is 24.8 Å². The Kier molecular flexibility index (Phi) is 10.4. The first kappa shape index (κ1) is 26.8. The number of fused-ring (bicyclic) bond motifs is 2. The predicted molar refractivity (Wildman–Crippen MR) is 124 cm³/mol. The zero-order chi connectivity index (χ0) is 19.7. The highest BCUT2D eigenvalue weighted by Crippen LogP contribution is 2.50. The van der Waals surface area contributed by atoms with Gasteiger partial charge in [-0.25, -0.2) is 0 Å². The lowest BCUT2D eigenvalue weighted by atomic mass is 9.81. The second kappa shape index (κ2) is 11.6. The summed E-state index contributed by atoms with van der Waals surface area (Å²) in [4.78, 5) is 7.47. The minimum Gasteiger partial charge on any atom is -0.304 e. The van der Waals surface area contributed by atoms with Gasteiger partial charge >= 0.3 is 6.18 Å². The smallest absolute Gasteiger partial charge is 0.304 e. The first-order chi connectivity index (χ1) is 13.4. The summed E-state index contributed by atoms with van der Waals surface area (Å²) in [6, 6.07) is 0.650. The molecule has 3 nitrogen and oxygen atoms in total. The zero-order valence-electron chi connectivity index (χ0n) is 18.0. The van der Waals surface area contributed by atoms with Crippen molar-refractivity contribution < 1.29 is 13.2 Å². The Morgan fingerprint density at radius 1 is 0.833 bits per heavy atom. The van der Waals surface area contributed by atoms with Crippen LogP contribution < -0.4 is 0 Å². The van der Waals surface area contributed by atoms with E-state index in [2.05, 4.69) is 33.5 Å². The summed E-state index contributed by atoms with van der Waals surface area (Å²) in [5.41, 5.74) is 0. The second-order valence-electron chi connectivity index (χ2n) is 9.42. The van der Waals surface area contributed by atoms with E-state index < -0.39 is 12.1 Å². The van der Waals surface area contributed by atoms with Crippen LogP contribution in [0.15, 0.2) is 0 Å². The third-order valence-electron chi connectivity index (χ3n) is 7.57. The highest BCUT2D eigenvalue weighted by atomic mass is 35.5. The summed E-state index contributed by atoms with van der Waals surface area (Å²) in [6.07, 6.45) is 3.48. The van der Waals surface area contributed by atoms with Gasteiger partial charge in [-0.05, 0) is 52.1 Å². The molecule has 0 aromatic carbocycles. The number of hydrogen-bond donors (Lipinski definition) is 0. The van der Waals surface area contributed by atoms with Crippen LogP contribution in [0, 0.1) is 5.92 Å². The summed E-state index contributed by atoms with van der Waals surface area (Å²) in [7, 11) is 2.17. The molecule has 178 valence electrons. The van der Waals surface area contributed by atoms with E-state index >= 15 is 0 Å². The normalized spacial score (nSPS) is 36.2. The molecule has 2 aliphatic heterocycles. The van der Waals surface area contributed by atoms with Crippen molar-refractivity contribution in [2.24, 2.45) is 5.92 Å². The number of piperazine rings is 1. The van der Waals surface area contributed by atoms with Gasteiger partial charge in [0.25, 0.3) is 0 Å². The molecule has 0 bridgehead atoms. The molecular formula is C21H38Cl2F3N3S. The average molecular weight is 493 g/mol. The van der Waals surface area contributed by atoms with Crippen LogP contribution in [0.1, 0.15) is 51.4 Å². The maximum Gasteiger partial charge on any atom is 0.391 e. The molecule has 0 N–H and O–H groups in total. The number of alkyl halides is 3. The highest BCUT2D eigenvalue weighted by molar-refractivity contribution is 8.00. The number of halogens is 5. The van der Waals surface area contributed by atoms with Gasteiger partial charge in [-0.2, -0.15) is 24.9 Å². The summed E-state index contributed by atoms with van der Waals surface area (Å²) in [6.45, 7) is 6.59. The summed E-state index contributed by atoms with van der Waals surface area (Å²) in [5, 5.41) is 1.07. The Labute approximate surface area is 196 Å². The number of rotatable bonds is 4. The summed E-state index contributed by atoms with van der Waals surface area (Å²) in [5.74, 6) is -1.09. The molecule has 0 aromatic rings. The van der Waals surface area contributed by atoms with E-state index in [1.54, 1.807) is 0 Å². The van der Waals surface area contributed by atoms with Crippen molar-refractivity contribution in [2.75, 3.05) is 46.3 Å². The van der Waals surface area contributed by atoms with Gasteiger partial charge in [-0.3, -0.25) is 4.90 Å². The van der Waals surface area contributed by atoms with Gasteiger partial charge in [0.2, 0.25) is 0 Å². The van der Waals surface area contributed by atoms with E-state index in [1.807, 2.05) is 0 Å². The first-order valence-corrected chi connectivity index (χ1v) is 12.2. The molecule has 30 heavy (non-hydrogen) atoms. The maximum absolute atomic E-state index is 13.5. The molecule has 2 saturated heterocycles. The van der Waals surface area contributed by atoms with E-state index in [1.165, 1.54) is 25.7 Å². The first-order valence-electron chi connectivity index (χ1n) is 11.3. The third-order valence-corrected chi connectivity index (χ3v) is 9.37. The second-order valence-corrected chi connectivity index (χ2v) is 10.9. The molecule has 0 radical (unpaired) electrons. The molecule has 9 heteroatoms. The van der Waals surface area contributed by atoms with E-state index in [0.717, 1.165) is 52.1 Å². The van der Waals surface area contributed by atoms with Gasteiger partial charge in [0.1, 0.15) is 0 Å². The van der Waals surface area contributed by atoms with Gasteiger partial charge in [-0.1, -0.05) is 12.8 Å². The molecule has 5 unspecified atom stereocenters. The molecule has 2 heterocycles. The Bertz CT molecular complexity index is 520. The molecule has 4 fully saturated rings. The SMILES string of the molecule is CN1CCN(CCCN2C3CCCCC3SC3CCC(C(F)(F)F)CC32)CC1.Cl.Cl. The Hall–Kier alpha value is 0.600. The molecule has 0 amide bonds. The van der Waals surface area contributed by atoms with E-state index in [-0.39, 0.29) is 30.9 Å². The van der Waals surface area contributed by atoms with Crippen molar-refractivity contribution in [1.29, 1.82) is 0 Å². The maximum atomic E-state index is 13.5. The van der Waals surface area contributed by atoms with Crippen molar-refractivity contribution in [3.05, 3.63) is 0 Å². The molecular weight excluding hydrogens is 454 g/mol. The van der Waals surface area contributed by atoms with Gasteiger partial charge in [0, 0.05) is 55.3 Å². The third kappa shape index (κ3) is 6.34. The monoisotopic (exact) mass is 491 g/mol. The average Bonchev–Trinajstić information content (AvgIpc) is 2.68. The largest absolute Gasteiger partial charge is 0.391 e. The number of thioether (sulfide) groups is 1. The van der Waals surface area contributed by atoms with E-state index in [4.69, 9.17) is 0 Å². The number of nitrogens with zero attached hydrogens (tertiary/aromatic N) is 3. The fourth-order valence-electron chi connectivity index (χ4n) is 5.89. The summed E-state index contributed by atoms with van der Waals surface area (Å²) < 4.78 is 40.4. The van der Waals surface area contributed by atoms with Crippen LogP contribution in [-0.4, -0.2) is 89.8 Å². The number of hydrogen-bond acceptors (Lipinski definition) is 4. The Morgan fingerprint density at radius 3 is 2.20 bits per heavy atom. The molecule has 4 aliphatic rings. The van der Waals surface area contributed by atoms with Crippen molar-refractivity contribution in [3.63, 3.8) is 0 Å². The Balaban J connectivity index is 0.00000160. The Morgan fingerprint density at radius 2 is 1.50 bits per heavy atom. The van der Waals surface area contributed by atoms with Crippen LogP contribution in [-0.2, 0) is 0 Å². The van der Waals surface area contributed by atoms with Crippen molar-refractivity contribution in [3.8, 4) is 0 Å². The lowest BCUT2D eigenvalue weighted by Crippen LogP contribution is -2.60. The van der Waals surface area contributed by atoms with E-state index in [9.17, 15) is 13.2 Å². The van der Waals surface area contributed by atoms with E-state index in [0.29, 0.717) is 29.4 Å². The van der Waals surface area contributed by atoms with Crippen LogP contribution >= 0.6 is 36.6 Å². The standard InChI is InChI=1S/C21H36F3N3S.2ClH/c1-25-11-13-26(14-12-25)9-4-10-27-17-5-2-3-6-19(17)28-20-8-7-16(15-18(20)27)21(22,23)24;;/h16-20H,2-15H2,1H3;2*1H. The van der Waals surface area contributed by atoms with Crippen molar-refractivity contribution >= 4 is 36.6 Å². The topological polar surface area (TPSA) is 9.72 Å². The van der Waals surface area contributed by atoms with Crippen LogP contribution in [0.2, 0.25) is 0 Å². The molecule has 5 atom stereocenters. The molecule has 2 saturated carbocycles. The lowest BCUT2D eigenvalue weighted by Gasteiger charge is -2.54. The van der Waals surface area contributed by atoms with Gasteiger partial charge in [0.05, 0.1) is 5.92 Å². The zero-order valence-corrected chi connectivity index (χ0v) is 20.4. The number of likely N-dealkylation sites (N-methyl/N-ethyl adjacent to an activating group) is 1. The van der Waals surface area contributed by atoms with Gasteiger partial charge in [0.15, 0.2) is 0 Å². The molecule has 0 aromatic heterocycles. The minimum absolute atomic E-state index is 0. The molecule has 0 spiro atoms. The quantitative estimate of drug-likeness (QED) is 0.551. The highest BCUT2D eigenvalue weighted by Gasteiger charge is 2.51. The lowest BCUT2D eigenvalue weighted by molar-refractivity contribution is -0.187. The van der Waals surface area contributed by atoms with Gasteiger partial charge < -0.3 is 9.80 Å². The van der Waals surface area contributed by atoms with Crippen LogP contribution in [0.3, 0.4) is 0 Å². The summed E-state index contributed by atoms with van der Waals surface area (Å²) >= 11 is 2.05. The predicted octanol–water partition coefficient (Wildman–Crippen LogP) is 4.93. The molecule has 2 aliphatic carbocycles. The van der Waals surface area contributed by atoms with Crippen LogP contribution in [0.25, 0.3) is 0 Å². The molecule has 4 rings (SSSR count). The van der Waals surface area contributed by atoms with Crippen LogP contribution in [0.4, 0.5) is 13.2 Å². The minimum atomic E-state index is -4.02.